The average Bonchev–Trinajstić information content (AvgIpc) is 2.80. The summed E-state index contributed by atoms with van der Waals surface area (Å²) >= 11 is 4.21. The highest BCUT2D eigenvalue weighted by Crippen LogP contribution is 2.28. The molecule has 0 saturated carbocycles. The SMILES string of the molecule is Cc1ccc(NC(=O)COc2c(I)cc(C=Nn3c(=O)[nH]c4ccccc4c3=O)cc2I)cc1. The Kier molecular flexibility index (Phi) is 7.46. The maximum atomic E-state index is 12.6. The summed E-state index contributed by atoms with van der Waals surface area (Å²) < 4.78 is 8.06. The molecule has 0 aliphatic heterocycles. The normalized spacial score (nSPS) is 11.1. The van der Waals surface area contributed by atoms with E-state index < -0.39 is 11.2 Å². The lowest BCUT2D eigenvalue weighted by Gasteiger charge is -2.12. The summed E-state index contributed by atoms with van der Waals surface area (Å²) in [5.74, 6) is 0.300. The van der Waals surface area contributed by atoms with Gasteiger partial charge in [-0.15, -0.1) is 4.68 Å². The number of amides is 1. The monoisotopic (exact) mass is 680 g/mol. The van der Waals surface area contributed by atoms with Gasteiger partial charge in [0, 0.05) is 5.69 Å². The van der Waals surface area contributed by atoms with Gasteiger partial charge in [-0.05, 0) is 94.1 Å². The quantitative estimate of drug-likeness (QED) is 0.237. The van der Waals surface area contributed by atoms with Gasteiger partial charge >= 0.3 is 5.69 Å². The van der Waals surface area contributed by atoms with E-state index in [2.05, 4.69) is 60.6 Å². The molecule has 0 fully saturated rings. The first-order valence-corrected chi connectivity index (χ1v) is 12.2. The molecule has 1 heterocycles. The van der Waals surface area contributed by atoms with E-state index in [4.69, 9.17) is 4.74 Å². The van der Waals surface area contributed by atoms with Crippen molar-refractivity contribution in [3.63, 3.8) is 0 Å². The van der Waals surface area contributed by atoms with E-state index in [1.807, 2.05) is 31.2 Å². The first-order valence-electron chi connectivity index (χ1n) is 10.1. The maximum Gasteiger partial charge on any atom is 0.349 e. The molecule has 10 heteroatoms. The van der Waals surface area contributed by atoms with Crippen molar-refractivity contribution in [2.75, 3.05) is 11.9 Å². The van der Waals surface area contributed by atoms with Crippen LogP contribution in [0.25, 0.3) is 10.9 Å². The fraction of sp³-hybridized carbons (Fsp3) is 0.0833. The van der Waals surface area contributed by atoms with E-state index in [-0.39, 0.29) is 12.5 Å². The number of fused-ring (bicyclic) bond motifs is 1. The summed E-state index contributed by atoms with van der Waals surface area (Å²) in [6, 6.07) is 17.8. The van der Waals surface area contributed by atoms with Crippen LogP contribution in [0.3, 0.4) is 0 Å². The zero-order chi connectivity index (χ0) is 24.2. The maximum absolute atomic E-state index is 12.6. The predicted octanol–water partition coefficient (Wildman–Crippen LogP) is 4.11. The van der Waals surface area contributed by atoms with Crippen LogP contribution in [-0.2, 0) is 4.79 Å². The largest absolute Gasteiger partial charge is 0.482 e. The summed E-state index contributed by atoms with van der Waals surface area (Å²) in [4.78, 5) is 39.8. The highest BCUT2D eigenvalue weighted by atomic mass is 127. The lowest BCUT2D eigenvalue weighted by molar-refractivity contribution is -0.118. The number of hydrogen-bond acceptors (Lipinski definition) is 5. The number of halogens is 2. The van der Waals surface area contributed by atoms with Gasteiger partial charge in [0.25, 0.3) is 11.5 Å². The number of aromatic amines is 1. The van der Waals surface area contributed by atoms with Crippen LogP contribution in [0.15, 0.2) is 75.4 Å². The van der Waals surface area contributed by atoms with Gasteiger partial charge in [-0.3, -0.25) is 9.59 Å². The minimum absolute atomic E-state index is 0.144. The van der Waals surface area contributed by atoms with Crippen molar-refractivity contribution in [2.24, 2.45) is 5.10 Å². The predicted molar refractivity (Wildman–Crippen MR) is 149 cm³/mol. The highest BCUT2D eigenvalue weighted by molar-refractivity contribution is 14.1. The van der Waals surface area contributed by atoms with Gasteiger partial charge in [0.05, 0.1) is 24.3 Å². The first kappa shape index (κ1) is 24.1. The number of para-hydroxylation sites is 1. The van der Waals surface area contributed by atoms with Crippen LogP contribution in [0, 0.1) is 14.1 Å². The van der Waals surface area contributed by atoms with E-state index in [0.717, 1.165) is 17.4 Å². The summed E-state index contributed by atoms with van der Waals surface area (Å²) in [7, 11) is 0. The number of ether oxygens (including phenoxy) is 1. The summed E-state index contributed by atoms with van der Waals surface area (Å²) in [5, 5.41) is 7.26. The van der Waals surface area contributed by atoms with Gasteiger partial charge in [-0.25, -0.2) is 4.79 Å². The van der Waals surface area contributed by atoms with E-state index in [9.17, 15) is 14.4 Å². The van der Waals surface area contributed by atoms with Crippen molar-refractivity contribution in [2.45, 2.75) is 6.92 Å². The van der Waals surface area contributed by atoms with Crippen molar-refractivity contribution < 1.29 is 9.53 Å². The van der Waals surface area contributed by atoms with Gasteiger partial charge in [0.2, 0.25) is 0 Å². The molecule has 2 N–H and O–H groups in total. The van der Waals surface area contributed by atoms with Gasteiger partial charge < -0.3 is 15.0 Å². The number of carbonyl (C=O) groups excluding carboxylic acids is 1. The van der Waals surface area contributed by atoms with Crippen molar-refractivity contribution in [3.05, 3.63) is 99.8 Å². The summed E-state index contributed by atoms with van der Waals surface area (Å²) in [5.41, 5.74) is 1.82. The Morgan fingerprint density at radius 1 is 1.09 bits per heavy atom. The number of hydrogen-bond donors (Lipinski definition) is 2. The van der Waals surface area contributed by atoms with Crippen LogP contribution in [0.4, 0.5) is 5.69 Å². The fourth-order valence-corrected chi connectivity index (χ4v) is 5.27. The number of aromatic nitrogens is 2. The van der Waals surface area contributed by atoms with Crippen LogP contribution < -0.4 is 21.3 Å². The standard InChI is InChI=1S/C24H18I2N4O4/c1-14-6-8-16(9-7-14)28-21(31)13-34-22-18(25)10-15(11-19(22)26)12-27-30-23(32)17-4-2-3-5-20(17)29-24(30)33/h2-12H,13H2,1H3,(H,28,31)(H,29,33). The molecule has 4 aromatic rings. The smallest absolute Gasteiger partial charge is 0.349 e. The van der Waals surface area contributed by atoms with Crippen molar-refractivity contribution in [1.82, 2.24) is 9.66 Å². The Balaban J connectivity index is 1.49. The number of carbonyl (C=O) groups is 1. The molecule has 0 aliphatic rings. The van der Waals surface area contributed by atoms with Crippen LogP contribution in [0.5, 0.6) is 5.75 Å². The lowest BCUT2D eigenvalue weighted by Crippen LogP contribution is -2.32. The Labute approximate surface area is 221 Å². The van der Waals surface area contributed by atoms with Gasteiger partial charge in [-0.2, -0.15) is 5.10 Å². The molecule has 0 aliphatic carbocycles. The Hall–Kier alpha value is -3.00. The number of aryl methyl sites for hydroxylation is 1. The lowest BCUT2D eigenvalue weighted by atomic mass is 10.2. The number of benzene rings is 3. The molecule has 1 aromatic heterocycles. The molecule has 0 spiro atoms. The average molecular weight is 680 g/mol. The van der Waals surface area contributed by atoms with Gasteiger partial charge in [-0.1, -0.05) is 29.8 Å². The molecule has 1 amide bonds. The molecular formula is C24H18I2N4O4. The molecular weight excluding hydrogens is 662 g/mol. The number of nitrogens with zero attached hydrogens (tertiary/aromatic N) is 2. The summed E-state index contributed by atoms with van der Waals surface area (Å²) in [6.07, 6.45) is 1.43. The number of anilines is 1. The molecule has 8 nitrogen and oxygen atoms in total. The third-order valence-electron chi connectivity index (χ3n) is 4.81. The topological polar surface area (TPSA) is 106 Å². The van der Waals surface area contributed by atoms with E-state index in [1.165, 1.54) is 6.21 Å². The second-order valence-electron chi connectivity index (χ2n) is 7.35. The molecule has 0 saturated heterocycles. The zero-order valence-corrected chi connectivity index (χ0v) is 22.2. The zero-order valence-electron chi connectivity index (χ0n) is 17.8. The molecule has 34 heavy (non-hydrogen) atoms. The first-order chi connectivity index (χ1) is 16.3. The van der Waals surface area contributed by atoms with E-state index in [1.54, 1.807) is 36.4 Å². The molecule has 0 bridgehead atoms. The van der Waals surface area contributed by atoms with E-state index >= 15 is 0 Å². The van der Waals surface area contributed by atoms with Crippen LogP contribution in [0.2, 0.25) is 0 Å². The molecule has 0 atom stereocenters. The van der Waals surface area contributed by atoms with Crippen molar-refractivity contribution in [3.8, 4) is 5.75 Å². The van der Waals surface area contributed by atoms with Crippen LogP contribution >= 0.6 is 45.2 Å². The second kappa shape index (κ2) is 10.5. The molecule has 172 valence electrons. The molecule has 4 rings (SSSR count). The fourth-order valence-electron chi connectivity index (χ4n) is 3.15. The third kappa shape index (κ3) is 5.55. The van der Waals surface area contributed by atoms with Gasteiger partial charge in [0.1, 0.15) is 5.75 Å². The Morgan fingerprint density at radius 2 is 1.76 bits per heavy atom. The number of H-pyrrole nitrogens is 1. The van der Waals surface area contributed by atoms with E-state index in [0.29, 0.717) is 27.9 Å². The highest BCUT2D eigenvalue weighted by Gasteiger charge is 2.12. The Bertz CT molecular complexity index is 1500. The molecule has 0 unspecified atom stereocenters. The summed E-state index contributed by atoms with van der Waals surface area (Å²) in [6.45, 7) is 1.83. The van der Waals surface area contributed by atoms with Crippen LogP contribution in [0.1, 0.15) is 11.1 Å². The minimum Gasteiger partial charge on any atom is -0.482 e. The van der Waals surface area contributed by atoms with Crippen molar-refractivity contribution >= 4 is 73.9 Å². The van der Waals surface area contributed by atoms with Gasteiger partial charge in [0.15, 0.2) is 6.61 Å². The third-order valence-corrected chi connectivity index (χ3v) is 6.41. The Morgan fingerprint density at radius 3 is 2.47 bits per heavy atom. The second-order valence-corrected chi connectivity index (χ2v) is 9.68. The number of rotatable bonds is 6. The minimum atomic E-state index is -0.621. The molecule has 3 aromatic carbocycles. The van der Waals surface area contributed by atoms with Crippen molar-refractivity contribution in [1.29, 1.82) is 0 Å². The molecule has 0 radical (unpaired) electrons. The van der Waals surface area contributed by atoms with Crippen LogP contribution in [-0.4, -0.2) is 28.4 Å². The number of nitrogens with one attached hydrogen (secondary N) is 2.